The normalized spacial score (nSPS) is 11.6. The molecule has 1 aromatic rings. The predicted octanol–water partition coefficient (Wildman–Crippen LogP) is 2.73. The molecule has 1 aromatic carbocycles. The highest BCUT2D eigenvalue weighted by molar-refractivity contribution is 6.30. The lowest BCUT2D eigenvalue weighted by Gasteiger charge is -2.12. The van der Waals surface area contributed by atoms with E-state index in [4.69, 9.17) is 22.0 Å². The second-order valence-electron chi connectivity index (χ2n) is 3.89. The van der Waals surface area contributed by atoms with Crippen molar-refractivity contribution in [2.24, 2.45) is 5.92 Å². The first-order chi connectivity index (χ1) is 8.02. The van der Waals surface area contributed by atoms with Crippen LogP contribution in [0.15, 0.2) is 18.2 Å². The fourth-order valence-corrected chi connectivity index (χ4v) is 1.59. The summed E-state index contributed by atoms with van der Waals surface area (Å²) in [6, 6.07) is 6.99. The minimum Gasteiger partial charge on any atom is -0.481 e. The van der Waals surface area contributed by atoms with Gasteiger partial charge in [0.1, 0.15) is 6.07 Å². The maximum Gasteiger partial charge on any atom is 0.303 e. The third kappa shape index (κ3) is 4.33. The van der Waals surface area contributed by atoms with Crippen molar-refractivity contribution in [1.29, 1.82) is 5.26 Å². The van der Waals surface area contributed by atoms with Gasteiger partial charge in [-0.05, 0) is 24.1 Å². The van der Waals surface area contributed by atoms with E-state index in [9.17, 15) is 4.79 Å². The van der Waals surface area contributed by atoms with Gasteiger partial charge >= 0.3 is 5.97 Å². The number of hydrogen-bond donors (Lipinski definition) is 2. The predicted molar refractivity (Wildman–Crippen MR) is 66.1 cm³/mol. The Bertz CT molecular complexity index is 454. The number of benzene rings is 1. The fraction of sp³-hybridized carbons (Fsp3) is 0.333. The van der Waals surface area contributed by atoms with Crippen molar-refractivity contribution in [2.45, 2.75) is 13.3 Å². The largest absolute Gasteiger partial charge is 0.481 e. The van der Waals surface area contributed by atoms with Crippen LogP contribution in [-0.4, -0.2) is 17.6 Å². The second-order valence-corrected chi connectivity index (χ2v) is 4.32. The van der Waals surface area contributed by atoms with Crippen LogP contribution in [0.1, 0.15) is 18.9 Å². The standard InChI is InChI=1S/C12H13ClN2O2/c1-8(4-12(16)17)7-15-11-5-10(13)3-2-9(11)6-14/h2-3,5,8,15H,4,7H2,1H3,(H,16,17). The van der Waals surface area contributed by atoms with E-state index < -0.39 is 5.97 Å². The Balaban J connectivity index is 2.66. The summed E-state index contributed by atoms with van der Waals surface area (Å²) >= 11 is 5.83. The number of rotatable bonds is 5. The number of carboxylic acids is 1. The molecule has 0 saturated heterocycles. The summed E-state index contributed by atoms with van der Waals surface area (Å²) < 4.78 is 0. The smallest absolute Gasteiger partial charge is 0.303 e. The maximum absolute atomic E-state index is 10.5. The first-order valence-corrected chi connectivity index (χ1v) is 5.56. The third-order valence-corrected chi connectivity index (χ3v) is 2.50. The molecular weight excluding hydrogens is 240 g/mol. The molecule has 0 spiro atoms. The summed E-state index contributed by atoms with van der Waals surface area (Å²) in [7, 11) is 0. The Hall–Kier alpha value is -1.73. The molecule has 1 rings (SSSR count). The van der Waals surface area contributed by atoms with Crippen LogP contribution < -0.4 is 5.32 Å². The van der Waals surface area contributed by atoms with Crippen molar-refractivity contribution >= 4 is 23.3 Å². The number of nitriles is 1. The van der Waals surface area contributed by atoms with Gasteiger partial charge < -0.3 is 10.4 Å². The molecular formula is C12H13ClN2O2. The van der Waals surface area contributed by atoms with Gasteiger partial charge in [0.15, 0.2) is 0 Å². The fourth-order valence-electron chi connectivity index (χ4n) is 1.41. The number of carbonyl (C=O) groups is 1. The molecule has 0 heterocycles. The summed E-state index contributed by atoms with van der Waals surface area (Å²) in [6.07, 6.45) is 0.0927. The Morgan fingerprint density at radius 2 is 2.35 bits per heavy atom. The van der Waals surface area contributed by atoms with Crippen LogP contribution in [0.2, 0.25) is 5.02 Å². The van der Waals surface area contributed by atoms with Crippen LogP contribution in [-0.2, 0) is 4.79 Å². The average molecular weight is 253 g/mol. The lowest BCUT2D eigenvalue weighted by atomic mass is 10.1. The van der Waals surface area contributed by atoms with Crippen LogP contribution in [0, 0.1) is 17.2 Å². The van der Waals surface area contributed by atoms with Gasteiger partial charge in [0, 0.05) is 18.0 Å². The van der Waals surface area contributed by atoms with Crippen molar-refractivity contribution in [3.63, 3.8) is 0 Å². The van der Waals surface area contributed by atoms with Gasteiger partial charge in [-0.3, -0.25) is 4.79 Å². The summed E-state index contributed by atoms with van der Waals surface area (Å²) in [4.78, 5) is 10.5. The molecule has 0 aliphatic rings. The second kappa shape index (κ2) is 6.12. The molecule has 0 bridgehead atoms. The van der Waals surface area contributed by atoms with Crippen LogP contribution in [0.3, 0.4) is 0 Å². The maximum atomic E-state index is 10.5. The number of hydrogen-bond acceptors (Lipinski definition) is 3. The number of halogens is 1. The summed E-state index contributed by atoms with van der Waals surface area (Å²) in [5.74, 6) is -0.844. The van der Waals surface area contributed by atoms with E-state index >= 15 is 0 Å². The molecule has 0 fully saturated rings. The van der Waals surface area contributed by atoms with Crippen LogP contribution in [0.25, 0.3) is 0 Å². The number of nitrogens with zero attached hydrogens (tertiary/aromatic N) is 1. The zero-order valence-corrected chi connectivity index (χ0v) is 10.2. The van der Waals surface area contributed by atoms with E-state index in [2.05, 4.69) is 5.32 Å². The van der Waals surface area contributed by atoms with E-state index in [0.717, 1.165) is 0 Å². The Morgan fingerprint density at radius 1 is 1.65 bits per heavy atom. The van der Waals surface area contributed by atoms with Crippen LogP contribution in [0.4, 0.5) is 5.69 Å². The highest BCUT2D eigenvalue weighted by Crippen LogP contribution is 2.20. The van der Waals surface area contributed by atoms with E-state index in [0.29, 0.717) is 22.8 Å². The summed E-state index contributed by atoms with van der Waals surface area (Å²) in [5, 5.41) is 21.1. The lowest BCUT2D eigenvalue weighted by Crippen LogP contribution is -2.15. The van der Waals surface area contributed by atoms with Gasteiger partial charge in [-0.25, -0.2) is 0 Å². The molecule has 2 N–H and O–H groups in total. The van der Waals surface area contributed by atoms with E-state index in [1.54, 1.807) is 18.2 Å². The number of anilines is 1. The molecule has 90 valence electrons. The molecule has 0 saturated carbocycles. The Morgan fingerprint density at radius 3 is 2.94 bits per heavy atom. The molecule has 0 aliphatic carbocycles. The molecule has 0 aromatic heterocycles. The van der Waals surface area contributed by atoms with Crippen molar-refractivity contribution in [3.05, 3.63) is 28.8 Å². The quantitative estimate of drug-likeness (QED) is 0.845. The Labute approximate surface area is 105 Å². The van der Waals surface area contributed by atoms with Gasteiger partial charge in [0.05, 0.1) is 11.3 Å². The van der Waals surface area contributed by atoms with Gasteiger partial charge in [0.25, 0.3) is 0 Å². The highest BCUT2D eigenvalue weighted by atomic mass is 35.5. The number of carboxylic acid groups (broad SMARTS) is 1. The first-order valence-electron chi connectivity index (χ1n) is 5.18. The molecule has 4 nitrogen and oxygen atoms in total. The van der Waals surface area contributed by atoms with E-state index in [1.807, 2.05) is 13.0 Å². The van der Waals surface area contributed by atoms with Crippen LogP contribution in [0.5, 0.6) is 0 Å². The topological polar surface area (TPSA) is 73.1 Å². The zero-order chi connectivity index (χ0) is 12.8. The van der Waals surface area contributed by atoms with Gasteiger partial charge in [-0.1, -0.05) is 18.5 Å². The lowest BCUT2D eigenvalue weighted by molar-refractivity contribution is -0.137. The molecule has 1 atom stereocenters. The molecule has 0 radical (unpaired) electrons. The monoisotopic (exact) mass is 252 g/mol. The molecule has 0 amide bonds. The van der Waals surface area contributed by atoms with Crippen molar-refractivity contribution < 1.29 is 9.90 Å². The Kier molecular flexibility index (Phi) is 4.80. The van der Waals surface area contributed by atoms with Crippen molar-refractivity contribution in [2.75, 3.05) is 11.9 Å². The van der Waals surface area contributed by atoms with Gasteiger partial charge in [-0.2, -0.15) is 5.26 Å². The summed E-state index contributed by atoms with van der Waals surface area (Å²) in [5.41, 5.74) is 1.13. The third-order valence-electron chi connectivity index (χ3n) is 2.27. The molecule has 5 heteroatoms. The molecule has 17 heavy (non-hydrogen) atoms. The first kappa shape index (κ1) is 13.3. The SMILES string of the molecule is CC(CNc1cc(Cl)ccc1C#N)CC(=O)O. The zero-order valence-electron chi connectivity index (χ0n) is 9.40. The highest BCUT2D eigenvalue weighted by Gasteiger charge is 2.09. The average Bonchev–Trinajstić information content (AvgIpc) is 2.25. The van der Waals surface area contributed by atoms with Gasteiger partial charge in [0.2, 0.25) is 0 Å². The minimum absolute atomic E-state index is 0.0157. The van der Waals surface area contributed by atoms with Crippen molar-refractivity contribution in [1.82, 2.24) is 0 Å². The number of nitrogens with one attached hydrogen (secondary N) is 1. The van der Waals surface area contributed by atoms with Gasteiger partial charge in [-0.15, -0.1) is 0 Å². The molecule has 1 unspecified atom stereocenters. The van der Waals surface area contributed by atoms with Crippen molar-refractivity contribution in [3.8, 4) is 6.07 Å². The molecule has 0 aliphatic heterocycles. The van der Waals surface area contributed by atoms with Crippen LogP contribution >= 0.6 is 11.6 Å². The van der Waals surface area contributed by atoms with E-state index in [-0.39, 0.29) is 12.3 Å². The minimum atomic E-state index is -0.828. The van der Waals surface area contributed by atoms with E-state index in [1.165, 1.54) is 0 Å². The number of aliphatic carboxylic acids is 1. The summed E-state index contributed by atoms with van der Waals surface area (Å²) in [6.45, 7) is 2.32.